The van der Waals surface area contributed by atoms with E-state index in [4.69, 9.17) is 17.3 Å². The van der Waals surface area contributed by atoms with Gasteiger partial charge in [-0.3, -0.25) is 4.79 Å². The van der Waals surface area contributed by atoms with Crippen molar-refractivity contribution in [1.82, 2.24) is 9.62 Å². The maximum absolute atomic E-state index is 12.5. The van der Waals surface area contributed by atoms with E-state index in [0.717, 1.165) is 4.31 Å². The quantitative estimate of drug-likeness (QED) is 0.755. The molecule has 6 nitrogen and oxygen atoms in total. The summed E-state index contributed by atoms with van der Waals surface area (Å²) < 4.78 is 26.3. The molecule has 0 aliphatic carbocycles. The molecule has 3 N–H and O–H groups in total. The summed E-state index contributed by atoms with van der Waals surface area (Å²) in [5, 5.41) is 2.79. The number of amides is 1. The van der Waals surface area contributed by atoms with Gasteiger partial charge in [0, 0.05) is 23.8 Å². The van der Waals surface area contributed by atoms with Crippen LogP contribution < -0.4 is 11.1 Å². The number of benzene rings is 1. The lowest BCUT2D eigenvalue weighted by Crippen LogP contribution is -2.49. The van der Waals surface area contributed by atoms with Crippen LogP contribution in [0.15, 0.2) is 21.5 Å². The molecule has 1 fully saturated rings. The first-order chi connectivity index (χ1) is 8.82. The summed E-state index contributed by atoms with van der Waals surface area (Å²) in [5.41, 5.74) is 5.91. The van der Waals surface area contributed by atoms with E-state index < -0.39 is 10.0 Å². The number of halogens is 2. The minimum Gasteiger partial charge on any atom is -0.398 e. The Balaban J connectivity index is 2.47. The standard InChI is InChI=1S/C10H11BrClN3O3S/c11-10-7(13)3-6(12)4-8(10)19(17,18)15-2-1-14-9(16)5-15/h3-4H,1-2,5,13H2,(H,14,16). The van der Waals surface area contributed by atoms with Crippen LogP contribution in [0.2, 0.25) is 5.02 Å². The van der Waals surface area contributed by atoms with Crippen molar-refractivity contribution >= 4 is 49.1 Å². The number of nitrogen functional groups attached to an aromatic ring is 1. The Bertz CT molecular complexity index is 635. The number of carbonyl (C=O) groups is 1. The lowest BCUT2D eigenvalue weighted by atomic mass is 10.3. The predicted molar refractivity (Wildman–Crippen MR) is 75.3 cm³/mol. The normalized spacial score (nSPS) is 17.3. The zero-order valence-electron chi connectivity index (χ0n) is 9.69. The van der Waals surface area contributed by atoms with Crippen molar-refractivity contribution in [2.75, 3.05) is 25.4 Å². The number of nitrogens with two attached hydrogens (primary N) is 1. The Kier molecular flexibility index (Phi) is 4.05. The minimum atomic E-state index is -3.81. The summed E-state index contributed by atoms with van der Waals surface area (Å²) in [6.07, 6.45) is 0. The van der Waals surface area contributed by atoms with E-state index in [-0.39, 0.29) is 45.6 Å². The van der Waals surface area contributed by atoms with Gasteiger partial charge in [-0.25, -0.2) is 8.42 Å². The first kappa shape index (κ1) is 14.6. The molecular weight excluding hydrogens is 358 g/mol. The maximum atomic E-state index is 12.5. The molecule has 0 bridgehead atoms. The molecule has 0 unspecified atom stereocenters. The zero-order valence-corrected chi connectivity index (χ0v) is 12.8. The fourth-order valence-corrected chi connectivity index (χ4v) is 4.38. The third-order valence-corrected chi connectivity index (χ3v) is 5.89. The number of hydrogen-bond donors (Lipinski definition) is 2. The molecule has 2 rings (SSSR count). The van der Waals surface area contributed by atoms with Gasteiger partial charge in [0.05, 0.1) is 15.9 Å². The van der Waals surface area contributed by atoms with Crippen molar-refractivity contribution in [3.8, 4) is 0 Å². The summed E-state index contributed by atoms with van der Waals surface area (Å²) in [4.78, 5) is 11.3. The Morgan fingerprint density at radius 3 is 2.74 bits per heavy atom. The molecule has 1 saturated heterocycles. The lowest BCUT2D eigenvalue weighted by Gasteiger charge is -2.26. The van der Waals surface area contributed by atoms with Gasteiger partial charge in [-0.15, -0.1) is 0 Å². The Morgan fingerprint density at radius 2 is 2.11 bits per heavy atom. The highest BCUT2D eigenvalue weighted by Crippen LogP contribution is 2.33. The molecule has 1 aliphatic rings. The van der Waals surface area contributed by atoms with Gasteiger partial charge in [0.1, 0.15) is 0 Å². The average molecular weight is 369 g/mol. The third kappa shape index (κ3) is 2.86. The molecule has 0 radical (unpaired) electrons. The summed E-state index contributed by atoms with van der Waals surface area (Å²) in [5.74, 6) is -0.332. The van der Waals surface area contributed by atoms with Crippen LogP contribution in [0.1, 0.15) is 0 Å². The molecule has 0 atom stereocenters. The van der Waals surface area contributed by atoms with Gasteiger partial charge in [-0.2, -0.15) is 4.31 Å². The van der Waals surface area contributed by atoms with Crippen LogP contribution in [0, 0.1) is 0 Å². The highest BCUT2D eigenvalue weighted by Gasteiger charge is 2.31. The predicted octanol–water partition coefficient (Wildman–Crippen LogP) is 0.805. The van der Waals surface area contributed by atoms with Crippen molar-refractivity contribution in [1.29, 1.82) is 0 Å². The van der Waals surface area contributed by atoms with E-state index in [2.05, 4.69) is 21.2 Å². The van der Waals surface area contributed by atoms with Crippen molar-refractivity contribution in [3.63, 3.8) is 0 Å². The van der Waals surface area contributed by atoms with Gasteiger partial charge in [0.25, 0.3) is 0 Å². The highest BCUT2D eigenvalue weighted by molar-refractivity contribution is 9.10. The molecule has 1 amide bonds. The topological polar surface area (TPSA) is 92.5 Å². The molecule has 0 saturated carbocycles. The molecule has 0 spiro atoms. The van der Waals surface area contributed by atoms with Crippen LogP contribution in [0.25, 0.3) is 0 Å². The number of nitrogens with one attached hydrogen (secondary N) is 1. The SMILES string of the molecule is Nc1cc(Cl)cc(S(=O)(=O)N2CCNC(=O)C2)c1Br. The molecule has 1 aromatic rings. The fraction of sp³-hybridized carbons (Fsp3) is 0.300. The average Bonchev–Trinajstić information content (AvgIpc) is 2.33. The second-order valence-electron chi connectivity index (χ2n) is 4.00. The van der Waals surface area contributed by atoms with Crippen LogP contribution in [0.4, 0.5) is 5.69 Å². The van der Waals surface area contributed by atoms with Gasteiger partial charge in [-0.1, -0.05) is 11.6 Å². The van der Waals surface area contributed by atoms with E-state index in [1.165, 1.54) is 12.1 Å². The smallest absolute Gasteiger partial charge is 0.244 e. The molecule has 0 aromatic heterocycles. The van der Waals surface area contributed by atoms with E-state index in [1.807, 2.05) is 0 Å². The monoisotopic (exact) mass is 367 g/mol. The Morgan fingerprint density at radius 1 is 1.42 bits per heavy atom. The van der Waals surface area contributed by atoms with Crippen molar-refractivity contribution < 1.29 is 13.2 Å². The Labute approximate surface area is 124 Å². The molecule has 1 heterocycles. The maximum Gasteiger partial charge on any atom is 0.244 e. The largest absolute Gasteiger partial charge is 0.398 e. The van der Waals surface area contributed by atoms with E-state index in [9.17, 15) is 13.2 Å². The molecule has 1 aromatic carbocycles. The third-order valence-electron chi connectivity index (χ3n) is 2.65. The van der Waals surface area contributed by atoms with Gasteiger partial charge in [0.15, 0.2) is 0 Å². The van der Waals surface area contributed by atoms with E-state index in [0.29, 0.717) is 0 Å². The van der Waals surface area contributed by atoms with Gasteiger partial charge < -0.3 is 11.1 Å². The molecule has 9 heteroatoms. The number of sulfonamides is 1. The van der Waals surface area contributed by atoms with Crippen LogP contribution >= 0.6 is 27.5 Å². The van der Waals surface area contributed by atoms with Gasteiger partial charge in [-0.05, 0) is 28.1 Å². The number of carbonyl (C=O) groups excluding carboxylic acids is 1. The minimum absolute atomic E-state index is 0.0350. The molecule has 1 aliphatic heterocycles. The number of piperazine rings is 1. The second-order valence-corrected chi connectivity index (χ2v) is 7.13. The van der Waals surface area contributed by atoms with Crippen LogP contribution in [0.3, 0.4) is 0 Å². The Hall–Kier alpha value is -0.830. The molecule has 19 heavy (non-hydrogen) atoms. The summed E-state index contributed by atoms with van der Waals surface area (Å²) in [6, 6.07) is 2.76. The lowest BCUT2D eigenvalue weighted by molar-refractivity contribution is -0.122. The first-order valence-corrected chi connectivity index (χ1v) is 7.95. The fourth-order valence-electron chi connectivity index (χ4n) is 1.73. The van der Waals surface area contributed by atoms with Crippen LogP contribution in [0.5, 0.6) is 0 Å². The van der Waals surface area contributed by atoms with Gasteiger partial charge in [0.2, 0.25) is 15.9 Å². The molecular formula is C10H11BrClN3O3S. The summed E-state index contributed by atoms with van der Waals surface area (Å²) in [6.45, 7) is 0.292. The summed E-state index contributed by atoms with van der Waals surface area (Å²) in [7, 11) is -3.81. The summed E-state index contributed by atoms with van der Waals surface area (Å²) >= 11 is 8.97. The van der Waals surface area contributed by atoms with Crippen molar-refractivity contribution in [2.45, 2.75) is 4.90 Å². The molecule has 104 valence electrons. The number of hydrogen-bond acceptors (Lipinski definition) is 4. The van der Waals surface area contributed by atoms with Crippen LogP contribution in [-0.4, -0.2) is 38.3 Å². The number of anilines is 1. The van der Waals surface area contributed by atoms with Crippen LogP contribution in [-0.2, 0) is 14.8 Å². The number of nitrogens with zero attached hydrogens (tertiary/aromatic N) is 1. The first-order valence-electron chi connectivity index (χ1n) is 5.34. The second kappa shape index (κ2) is 5.28. The number of rotatable bonds is 2. The van der Waals surface area contributed by atoms with Gasteiger partial charge >= 0.3 is 0 Å². The zero-order chi connectivity index (χ0) is 14.2. The van der Waals surface area contributed by atoms with Crippen molar-refractivity contribution in [2.24, 2.45) is 0 Å². The highest BCUT2D eigenvalue weighted by atomic mass is 79.9. The van der Waals surface area contributed by atoms with E-state index >= 15 is 0 Å². The van der Waals surface area contributed by atoms with Crippen molar-refractivity contribution in [3.05, 3.63) is 21.6 Å². The van der Waals surface area contributed by atoms with E-state index in [1.54, 1.807) is 0 Å².